The van der Waals surface area contributed by atoms with Crippen LogP contribution in [-0.2, 0) is 26.6 Å². The van der Waals surface area contributed by atoms with Gasteiger partial charge in [-0.3, -0.25) is 9.59 Å². The highest BCUT2D eigenvalue weighted by molar-refractivity contribution is 6.60. The largest absolute Gasteiger partial charge is 0.500 e. The van der Waals surface area contributed by atoms with Gasteiger partial charge in [-0.05, 0) is 47.2 Å². The number of benzene rings is 3. The summed E-state index contributed by atoms with van der Waals surface area (Å²) in [4.78, 5) is 37.3. The number of hydrogen-bond acceptors (Lipinski definition) is 10. The molecular formula is C38H46N4O8Si2. The van der Waals surface area contributed by atoms with Gasteiger partial charge in [-0.15, -0.1) is 0 Å². The first-order valence-electron chi connectivity index (χ1n) is 17.0. The number of carbonyl (C=O) groups is 2. The van der Waals surface area contributed by atoms with Gasteiger partial charge in [0.25, 0.3) is 11.8 Å². The molecule has 2 aromatic heterocycles. The normalized spacial score (nSPS) is 12.0. The zero-order chi connectivity index (χ0) is 37.1. The Kier molecular flexibility index (Phi) is 13.4. The van der Waals surface area contributed by atoms with Gasteiger partial charge in [0.05, 0.1) is 11.0 Å². The second kappa shape index (κ2) is 17.9. The van der Waals surface area contributed by atoms with E-state index in [1.807, 2.05) is 72.8 Å². The molecule has 5 rings (SSSR count). The summed E-state index contributed by atoms with van der Waals surface area (Å²) in [6.45, 7) is 0.728. The SMILES string of the molecule is CO[Si](CCCNC(=O)c1cc(-c2ccccc2)c2ccc3c(-c4ccccc4)cc(C(=O)NCCC[Si](OC)(OC)OC)nc3c2n1)(OC)OC. The predicted octanol–water partition coefficient (Wildman–Crippen LogP) is 6.11. The van der Waals surface area contributed by atoms with Gasteiger partial charge in [0.15, 0.2) is 0 Å². The van der Waals surface area contributed by atoms with Crippen LogP contribution < -0.4 is 10.6 Å². The van der Waals surface area contributed by atoms with Gasteiger partial charge in [-0.2, -0.15) is 0 Å². The van der Waals surface area contributed by atoms with Crippen LogP contribution in [0, 0.1) is 0 Å². The van der Waals surface area contributed by atoms with E-state index in [0.717, 1.165) is 33.0 Å². The van der Waals surface area contributed by atoms with E-state index in [0.29, 0.717) is 49.1 Å². The molecule has 0 saturated heterocycles. The molecule has 14 heteroatoms. The smallest absolute Gasteiger partial charge is 0.377 e. The number of rotatable bonds is 18. The number of pyridine rings is 2. The highest BCUT2D eigenvalue weighted by atomic mass is 28.4. The molecule has 3 aromatic carbocycles. The van der Waals surface area contributed by atoms with Crippen LogP contribution in [0.5, 0.6) is 0 Å². The molecule has 0 saturated carbocycles. The number of aromatic nitrogens is 2. The highest BCUT2D eigenvalue weighted by Crippen LogP contribution is 2.36. The quantitative estimate of drug-likeness (QED) is 0.0614. The molecule has 274 valence electrons. The lowest BCUT2D eigenvalue weighted by Crippen LogP contribution is -2.43. The minimum atomic E-state index is -2.78. The van der Waals surface area contributed by atoms with Crippen molar-refractivity contribution in [2.24, 2.45) is 0 Å². The fraction of sp³-hybridized carbons (Fsp3) is 0.316. The van der Waals surface area contributed by atoms with E-state index in [1.165, 1.54) is 0 Å². The van der Waals surface area contributed by atoms with E-state index in [-0.39, 0.29) is 23.2 Å². The minimum Gasteiger partial charge on any atom is -0.377 e. The molecule has 5 aromatic rings. The number of carbonyl (C=O) groups excluding carboxylic acids is 2. The highest BCUT2D eigenvalue weighted by Gasteiger charge is 2.37. The first kappa shape index (κ1) is 38.8. The summed E-state index contributed by atoms with van der Waals surface area (Å²) in [5.41, 5.74) is 4.95. The fourth-order valence-electron chi connectivity index (χ4n) is 6.23. The van der Waals surface area contributed by atoms with Gasteiger partial charge in [0, 0.05) is 78.6 Å². The lowest BCUT2D eigenvalue weighted by Gasteiger charge is -2.24. The van der Waals surface area contributed by atoms with Crippen LogP contribution in [0.15, 0.2) is 84.9 Å². The lowest BCUT2D eigenvalue weighted by atomic mass is 9.95. The van der Waals surface area contributed by atoms with Crippen LogP contribution in [0.2, 0.25) is 12.1 Å². The predicted molar refractivity (Wildman–Crippen MR) is 205 cm³/mol. The molecule has 0 radical (unpaired) electrons. The average molecular weight is 743 g/mol. The Hall–Kier alpha value is -4.39. The van der Waals surface area contributed by atoms with Crippen LogP contribution in [0.1, 0.15) is 33.8 Å². The van der Waals surface area contributed by atoms with Crippen LogP contribution in [-0.4, -0.2) is 95.1 Å². The molecule has 0 unspecified atom stereocenters. The van der Waals surface area contributed by atoms with Crippen molar-refractivity contribution in [3.05, 3.63) is 96.3 Å². The third-order valence-electron chi connectivity index (χ3n) is 9.15. The molecule has 52 heavy (non-hydrogen) atoms. The molecule has 0 aliphatic carbocycles. The Morgan fingerprint density at radius 3 is 1.21 bits per heavy atom. The van der Waals surface area contributed by atoms with E-state index in [1.54, 1.807) is 54.8 Å². The molecule has 0 bridgehead atoms. The van der Waals surface area contributed by atoms with Crippen LogP contribution in [0.25, 0.3) is 44.1 Å². The summed E-state index contributed by atoms with van der Waals surface area (Å²) in [5.74, 6) is -0.675. The third-order valence-corrected chi connectivity index (χ3v) is 14.8. The molecule has 2 N–H and O–H groups in total. The van der Waals surface area contributed by atoms with Crippen molar-refractivity contribution < 1.29 is 36.1 Å². The Morgan fingerprint density at radius 1 is 0.538 bits per heavy atom. The Morgan fingerprint density at radius 2 is 0.885 bits per heavy atom. The number of nitrogens with one attached hydrogen (secondary N) is 2. The first-order chi connectivity index (χ1) is 25.3. The summed E-state index contributed by atoms with van der Waals surface area (Å²) in [6, 6.07) is 28.3. The summed E-state index contributed by atoms with van der Waals surface area (Å²) < 4.78 is 33.1. The number of amides is 2. The molecule has 0 atom stereocenters. The number of fused-ring (bicyclic) bond motifs is 3. The molecule has 12 nitrogen and oxygen atoms in total. The third kappa shape index (κ3) is 8.62. The maximum absolute atomic E-state index is 13.7. The molecule has 2 heterocycles. The Balaban J connectivity index is 1.57. The fourth-order valence-corrected chi connectivity index (χ4v) is 9.67. The number of hydrogen-bond donors (Lipinski definition) is 2. The van der Waals surface area contributed by atoms with Crippen molar-refractivity contribution in [3.63, 3.8) is 0 Å². The van der Waals surface area contributed by atoms with Gasteiger partial charge in [0.1, 0.15) is 11.4 Å². The lowest BCUT2D eigenvalue weighted by molar-refractivity contribution is 0.0938. The van der Waals surface area contributed by atoms with Gasteiger partial charge in [-0.1, -0.05) is 72.8 Å². The Bertz CT molecular complexity index is 1820. The van der Waals surface area contributed by atoms with Crippen molar-refractivity contribution in [1.29, 1.82) is 0 Å². The van der Waals surface area contributed by atoms with Gasteiger partial charge in [-0.25, -0.2) is 9.97 Å². The molecular weight excluding hydrogens is 697 g/mol. The topological polar surface area (TPSA) is 139 Å². The van der Waals surface area contributed by atoms with Crippen molar-refractivity contribution in [2.45, 2.75) is 24.9 Å². The molecule has 0 aliphatic heterocycles. The first-order valence-corrected chi connectivity index (χ1v) is 20.9. The summed E-state index contributed by atoms with van der Waals surface area (Å²) >= 11 is 0. The zero-order valence-electron chi connectivity index (χ0n) is 30.5. The monoisotopic (exact) mass is 742 g/mol. The van der Waals surface area contributed by atoms with E-state index in [4.69, 9.17) is 36.5 Å². The maximum atomic E-state index is 13.7. The van der Waals surface area contributed by atoms with Crippen LogP contribution >= 0.6 is 0 Å². The second-order valence-corrected chi connectivity index (χ2v) is 18.2. The molecule has 0 aliphatic rings. The maximum Gasteiger partial charge on any atom is 0.500 e. The Labute approximate surface area is 306 Å². The van der Waals surface area contributed by atoms with Crippen molar-refractivity contribution in [3.8, 4) is 22.3 Å². The van der Waals surface area contributed by atoms with E-state index < -0.39 is 17.6 Å². The average Bonchev–Trinajstić information content (AvgIpc) is 3.21. The van der Waals surface area contributed by atoms with E-state index >= 15 is 0 Å². The van der Waals surface area contributed by atoms with Crippen LogP contribution in [0.4, 0.5) is 0 Å². The van der Waals surface area contributed by atoms with Crippen LogP contribution in [0.3, 0.4) is 0 Å². The van der Waals surface area contributed by atoms with Crippen molar-refractivity contribution >= 4 is 51.2 Å². The minimum absolute atomic E-state index is 0.229. The van der Waals surface area contributed by atoms with Crippen molar-refractivity contribution in [2.75, 3.05) is 55.7 Å². The van der Waals surface area contributed by atoms with Gasteiger partial charge < -0.3 is 37.2 Å². The zero-order valence-corrected chi connectivity index (χ0v) is 32.5. The second-order valence-electron chi connectivity index (χ2n) is 12.0. The summed E-state index contributed by atoms with van der Waals surface area (Å²) in [6.07, 6.45) is 1.17. The van der Waals surface area contributed by atoms with Gasteiger partial charge in [0.2, 0.25) is 0 Å². The standard InChI is InChI=1S/C38H46N4O8Si2/c1-45-51(46-2,47-3)23-13-21-39-37(43)33-25-31(27-15-9-7-10-16-27)29-19-20-30-32(28-17-11-8-12-18-28)26-34(42-36(30)35(29)41-33)38(44)40-22-14-24-52(48-4,49-5)50-6/h7-12,15-20,25-26H,13-14,21-24H2,1-6H3,(H,39,43)(H,40,44). The van der Waals surface area contributed by atoms with E-state index in [9.17, 15) is 9.59 Å². The molecule has 0 fully saturated rings. The van der Waals surface area contributed by atoms with Crippen molar-refractivity contribution in [1.82, 2.24) is 20.6 Å². The van der Waals surface area contributed by atoms with E-state index in [2.05, 4.69) is 10.6 Å². The summed E-state index contributed by atoms with van der Waals surface area (Å²) in [7, 11) is 3.83. The van der Waals surface area contributed by atoms with Gasteiger partial charge >= 0.3 is 17.6 Å². The number of nitrogens with zero attached hydrogens (tertiary/aromatic N) is 2. The summed E-state index contributed by atoms with van der Waals surface area (Å²) in [5, 5.41) is 7.60. The molecule has 0 spiro atoms. The molecule has 2 amide bonds.